The van der Waals surface area contributed by atoms with Crippen LogP contribution in [0.3, 0.4) is 0 Å². The molecule has 2 aliphatic rings. The molecule has 2 aromatic heterocycles. The molecule has 0 aliphatic carbocycles. The van der Waals surface area contributed by atoms with E-state index in [9.17, 15) is 0 Å². The van der Waals surface area contributed by atoms with Gasteiger partial charge in [-0.25, -0.2) is 4.98 Å². The molecule has 0 N–H and O–H groups in total. The maximum atomic E-state index is 6.55. The van der Waals surface area contributed by atoms with Gasteiger partial charge >= 0.3 is 0 Å². The number of hydrogen-bond donors (Lipinski definition) is 0. The van der Waals surface area contributed by atoms with Gasteiger partial charge in [-0.1, -0.05) is 12.1 Å². The molecule has 6 heteroatoms. The smallest absolute Gasteiger partial charge is 0.144 e. The third-order valence-corrected chi connectivity index (χ3v) is 7.71. The quantitative estimate of drug-likeness (QED) is 0.373. The first-order chi connectivity index (χ1) is 17.6. The number of pyridine rings is 1. The highest BCUT2D eigenvalue weighted by atomic mass is 16.5. The lowest BCUT2D eigenvalue weighted by atomic mass is 10.1. The average Bonchev–Trinajstić information content (AvgIpc) is 3.20. The Balaban J connectivity index is 1.16. The largest absolute Gasteiger partial charge is 0.497 e. The van der Waals surface area contributed by atoms with Crippen LogP contribution in [0, 0.1) is 13.8 Å². The van der Waals surface area contributed by atoms with E-state index in [1.54, 1.807) is 7.11 Å². The zero-order valence-electron chi connectivity index (χ0n) is 21.4. The van der Waals surface area contributed by atoms with Crippen molar-refractivity contribution in [1.29, 1.82) is 0 Å². The van der Waals surface area contributed by atoms with Crippen molar-refractivity contribution >= 4 is 16.7 Å². The molecule has 1 saturated heterocycles. The summed E-state index contributed by atoms with van der Waals surface area (Å²) in [6, 6.07) is 19.1. The molecule has 186 valence electrons. The Morgan fingerprint density at radius 2 is 1.81 bits per heavy atom. The summed E-state index contributed by atoms with van der Waals surface area (Å²) >= 11 is 0. The highest BCUT2D eigenvalue weighted by Crippen LogP contribution is 2.41. The molecule has 1 fully saturated rings. The lowest BCUT2D eigenvalue weighted by Gasteiger charge is -2.36. The minimum Gasteiger partial charge on any atom is -0.497 e. The minimum atomic E-state index is 0.156. The van der Waals surface area contributed by atoms with Gasteiger partial charge in [0.05, 0.1) is 24.9 Å². The Morgan fingerprint density at radius 3 is 2.56 bits per heavy atom. The molecule has 6 nitrogen and oxygen atoms in total. The van der Waals surface area contributed by atoms with Gasteiger partial charge in [-0.05, 0) is 79.4 Å². The summed E-state index contributed by atoms with van der Waals surface area (Å²) in [7, 11) is 1.71. The first-order valence-corrected chi connectivity index (χ1v) is 12.9. The van der Waals surface area contributed by atoms with Gasteiger partial charge in [0.15, 0.2) is 0 Å². The lowest BCUT2D eigenvalue weighted by Crippen LogP contribution is -2.47. The summed E-state index contributed by atoms with van der Waals surface area (Å²) in [6.07, 6.45) is 3.08. The van der Waals surface area contributed by atoms with E-state index in [1.165, 1.54) is 33.3 Å². The number of anilines is 1. The molecule has 1 unspecified atom stereocenters. The molecule has 6 rings (SSSR count). The third-order valence-electron chi connectivity index (χ3n) is 7.71. The molecule has 4 heterocycles. The van der Waals surface area contributed by atoms with Gasteiger partial charge < -0.3 is 18.9 Å². The van der Waals surface area contributed by atoms with Gasteiger partial charge in [0, 0.05) is 44.3 Å². The highest BCUT2D eigenvalue weighted by Gasteiger charge is 2.28. The molecular weight excluding hydrogens is 448 g/mol. The lowest BCUT2D eigenvalue weighted by molar-refractivity contribution is 0.137. The second-order valence-corrected chi connectivity index (χ2v) is 10.0. The third kappa shape index (κ3) is 4.20. The summed E-state index contributed by atoms with van der Waals surface area (Å²) < 4.78 is 14.4. The predicted molar refractivity (Wildman–Crippen MR) is 145 cm³/mol. The van der Waals surface area contributed by atoms with E-state index < -0.39 is 0 Å². The summed E-state index contributed by atoms with van der Waals surface area (Å²) in [4.78, 5) is 9.54. The average molecular weight is 483 g/mol. The van der Waals surface area contributed by atoms with Crippen molar-refractivity contribution < 1.29 is 9.47 Å². The highest BCUT2D eigenvalue weighted by molar-refractivity contribution is 5.95. The van der Waals surface area contributed by atoms with Crippen LogP contribution in [0.2, 0.25) is 0 Å². The second kappa shape index (κ2) is 9.51. The Hall–Kier alpha value is -3.51. The fourth-order valence-corrected chi connectivity index (χ4v) is 5.74. The molecule has 2 aliphatic heterocycles. The second-order valence-electron chi connectivity index (χ2n) is 10.0. The Kier molecular flexibility index (Phi) is 6.05. The number of methoxy groups -OCH3 is 1. The Labute approximate surface area is 213 Å². The fourth-order valence-electron chi connectivity index (χ4n) is 5.74. The van der Waals surface area contributed by atoms with Gasteiger partial charge in [-0.2, -0.15) is 0 Å². The molecule has 2 aromatic carbocycles. The number of benzene rings is 2. The van der Waals surface area contributed by atoms with Crippen LogP contribution in [-0.2, 0) is 6.54 Å². The van der Waals surface area contributed by atoms with Crippen LogP contribution in [0.1, 0.15) is 17.5 Å². The number of rotatable bonds is 6. The van der Waals surface area contributed by atoms with E-state index >= 15 is 0 Å². The number of aryl methyl sites for hydroxylation is 2. The van der Waals surface area contributed by atoms with Crippen molar-refractivity contribution in [2.45, 2.75) is 32.9 Å². The van der Waals surface area contributed by atoms with Crippen LogP contribution < -0.4 is 14.4 Å². The SMILES string of the molecule is COc1ccc(-c2c(C)c3cccc4c3n2CC(CCN2CCN(c3cc(C)ccn3)CC2)O4)cc1. The van der Waals surface area contributed by atoms with E-state index in [0.717, 1.165) is 63.0 Å². The van der Waals surface area contributed by atoms with Gasteiger partial charge in [0.25, 0.3) is 0 Å². The summed E-state index contributed by atoms with van der Waals surface area (Å²) in [5.74, 6) is 2.98. The number of nitrogens with zero attached hydrogens (tertiary/aromatic N) is 4. The first-order valence-electron chi connectivity index (χ1n) is 12.9. The standard InChI is InChI=1S/C30H34N4O2/c1-21-11-13-31-28(19-21)33-17-15-32(16-18-33)14-12-25-20-34-29(23-7-9-24(35-3)10-8-23)22(2)26-5-4-6-27(36-25)30(26)34/h4-11,13,19,25H,12,14-18,20H2,1-3H3. The van der Waals surface area contributed by atoms with Crippen LogP contribution in [0.15, 0.2) is 60.8 Å². The van der Waals surface area contributed by atoms with E-state index in [1.807, 2.05) is 18.3 Å². The van der Waals surface area contributed by atoms with E-state index in [0.29, 0.717) is 0 Å². The van der Waals surface area contributed by atoms with Gasteiger partial charge in [-0.3, -0.25) is 4.90 Å². The number of piperazine rings is 1. The Morgan fingerprint density at radius 1 is 1.00 bits per heavy atom. The normalized spacial score (nSPS) is 17.9. The number of ether oxygens (including phenoxy) is 2. The van der Waals surface area contributed by atoms with Crippen molar-refractivity contribution in [2.75, 3.05) is 44.7 Å². The summed E-state index contributed by atoms with van der Waals surface area (Å²) in [6.45, 7) is 10.4. The monoisotopic (exact) mass is 482 g/mol. The van der Waals surface area contributed by atoms with Crippen molar-refractivity contribution in [1.82, 2.24) is 14.5 Å². The van der Waals surface area contributed by atoms with E-state index in [-0.39, 0.29) is 6.10 Å². The van der Waals surface area contributed by atoms with Crippen molar-refractivity contribution in [3.05, 3.63) is 71.9 Å². The molecule has 0 radical (unpaired) electrons. The summed E-state index contributed by atoms with van der Waals surface area (Å²) in [5, 5.41) is 1.28. The van der Waals surface area contributed by atoms with Crippen LogP contribution >= 0.6 is 0 Å². The molecule has 0 spiro atoms. The zero-order chi connectivity index (χ0) is 24.6. The minimum absolute atomic E-state index is 0.156. The maximum absolute atomic E-state index is 6.55. The number of aromatic nitrogens is 2. The van der Waals surface area contributed by atoms with Gasteiger partial charge in [0.2, 0.25) is 0 Å². The molecule has 0 amide bonds. The molecule has 36 heavy (non-hydrogen) atoms. The van der Waals surface area contributed by atoms with E-state index in [2.05, 4.69) is 75.7 Å². The first kappa shape index (κ1) is 22.9. The van der Waals surface area contributed by atoms with Gasteiger partial charge in [-0.15, -0.1) is 0 Å². The van der Waals surface area contributed by atoms with Crippen LogP contribution in [0.25, 0.3) is 22.2 Å². The maximum Gasteiger partial charge on any atom is 0.144 e. The van der Waals surface area contributed by atoms with Crippen molar-refractivity contribution in [2.24, 2.45) is 0 Å². The summed E-state index contributed by atoms with van der Waals surface area (Å²) in [5.41, 5.74) is 6.30. The fraction of sp³-hybridized carbons (Fsp3) is 0.367. The zero-order valence-corrected chi connectivity index (χ0v) is 21.4. The van der Waals surface area contributed by atoms with E-state index in [4.69, 9.17) is 9.47 Å². The molecule has 4 aromatic rings. The van der Waals surface area contributed by atoms with Crippen LogP contribution in [0.4, 0.5) is 5.82 Å². The van der Waals surface area contributed by atoms with Crippen molar-refractivity contribution in [3.8, 4) is 22.8 Å². The molecular formula is C30H34N4O2. The topological polar surface area (TPSA) is 42.8 Å². The predicted octanol–water partition coefficient (Wildman–Crippen LogP) is 5.30. The Bertz CT molecular complexity index is 1370. The van der Waals surface area contributed by atoms with Crippen molar-refractivity contribution in [3.63, 3.8) is 0 Å². The molecule has 1 atom stereocenters. The van der Waals surface area contributed by atoms with Crippen LogP contribution in [0.5, 0.6) is 11.5 Å². The number of para-hydroxylation sites is 1. The van der Waals surface area contributed by atoms with Crippen LogP contribution in [-0.4, -0.2) is 60.4 Å². The van der Waals surface area contributed by atoms with Gasteiger partial charge in [0.1, 0.15) is 23.4 Å². The number of hydrogen-bond acceptors (Lipinski definition) is 5. The molecule has 0 saturated carbocycles. The molecule has 0 bridgehead atoms.